The minimum absolute atomic E-state index is 0.0419. The van der Waals surface area contributed by atoms with Crippen LogP contribution < -0.4 is 21.1 Å². The largest absolute Gasteiger partial charge is 0.357 e. The van der Waals surface area contributed by atoms with Gasteiger partial charge in [-0.2, -0.15) is 0 Å². The van der Waals surface area contributed by atoms with Gasteiger partial charge in [-0.25, -0.2) is 0 Å². The number of thiocarbonyl (C=S) groups is 1. The van der Waals surface area contributed by atoms with Crippen molar-refractivity contribution in [3.05, 3.63) is 29.8 Å². The van der Waals surface area contributed by atoms with Crippen LogP contribution in [0.4, 0.5) is 5.69 Å². The quantitative estimate of drug-likeness (QED) is 0.566. The Morgan fingerprint density at radius 3 is 2.44 bits per heavy atom. The highest BCUT2D eigenvalue weighted by molar-refractivity contribution is 7.80. The van der Waals surface area contributed by atoms with E-state index in [1.807, 2.05) is 45.0 Å². The molecule has 6 nitrogen and oxygen atoms in total. The lowest BCUT2D eigenvalue weighted by Crippen LogP contribution is -2.53. The molecule has 1 aliphatic rings. The maximum absolute atomic E-state index is 12.3. The molecule has 0 unspecified atom stereocenters. The van der Waals surface area contributed by atoms with Gasteiger partial charge in [0.15, 0.2) is 5.11 Å². The van der Waals surface area contributed by atoms with E-state index >= 15 is 0 Å². The van der Waals surface area contributed by atoms with Gasteiger partial charge in [0.05, 0.1) is 5.92 Å². The van der Waals surface area contributed by atoms with Crippen LogP contribution >= 0.6 is 12.2 Å². The number of hydrogen-bond acceptors (Lipinski definition) is 3. The first-order valence-electron chi connectivity index (χ1n) is 8.47. The van der Waals surface area contributed by atoms with E-state index in [0.717, 1.165) is 12.1 Å². The van der Waals surface area contributed by atoms with Crippen molar-refractivity contribution in [2.75, 3.05) is 11.4 Å². The number of benzene rings is 1. The van der Waals surface area contributed by atoms with Crippen LogP contribution in [-0.2, 0) is 16.0 Å². The lowest BCUT2D eigenvalue weighted by Gasteiger charge is -2.23. The molecule has 7 heteroatoms. The number of carbonyl (C=O) groups is 2. The molecular weight excluding hydrogens is 336 g/mol. The number of rotatable bonds is 3. The molecule has 0 saturated carbocycles. The third-order valence-electron chi connectivity index (χ3n) is 3.94. The standard InChI is InChI=1S/C18H26N4O2S/c1-5-12-6-8-14(9-7-12)22-11-13(10-15(22)23)16(24)20-21-17(25)19-18(2,3)4/h6-9,13H,5,10-11H2,1-4H3,(H,20,24)(H2,19,21,25)/t13-/m1/s1. The van der Waals surface area contributed by atoms with E-state index in [1.165, 1.54) is 5.56 Å². The van der Waals surface area contributed by atoms with E-state index in [-0.39, 0.29) is 23.8 Å². The molecule has 1 aliphatic heterocycles. The number of hydrazine groups is 1. The van der Waals surface area contributed by atoms with E-state index in [1.54, 1.807) is 4.90 Å². The Bertz CT molecular complexity index is 652. The van der Waals surface area contributed by atoms with Crippen LogP contribution in [0.5, 0.6) is 0 Å². The number of nitrogens with one attached hydrogen (secondary N) is 3. The van der Waals surface area contributed by atoms with Gasteiger partial charge < -0.3 is 10.2 Å². The van der Waals surface area contributed by atoms with Gasteiger partial charge in [-0.15, -0.1) is 0 Å². The summed E-state index contributed by atoms with van der Waals surface area (Å²) in [4.78, 5) is 26.2. The van der Waals surface area contributed by atoms with E-state index in [9.17, 15) is 9.59 Å². The van der Waals surface area contributed by atoms with Crippen LogP contribution in [0.25, 0.3) is 0 Å². The Kier molecular flexibility index (Phi) is 6.00. The number of anilines is 1. The molecule has 0 radical (unpaired) electrons. The molecule has 1 heterocycles. The van der Waals surface area contributed by atoms with Crippen molar-refractivity contribution >= 4 is 34.8 Å². The molecule has 3 N–H and O–H groups in total. The van der Waals surface area contributed by atoms with Crippen LogP contribution in [0.15, 0.2) is 24.3 Å². The average molecular weight is 362 g/mol. The maximum atomic E-state index is 12.3. The number of hydrogen-bond donors (Lipinski definition) is 3. The number of amides is 2. The highest BCUT2D eigenvalue weighted by Gasteiger charge is 2.35. The lowest BCUT2D eigenvalue weighted by atomic mass is 10.1. The fourth-order valence-electron chi connectivity index (χ4n) is 2.64. The van der Waals surface area contributed by atoms with Gasteiger partial charge in [-0.3, -0.25) is 20.4 Å². The van der Waals surface area contributed by atoms with Crippen molar-refractivity contribution in [3.63, 3.8) is 0 Å². The Morgan fingerprint density at radius 1 is 1.24 bits per heavy atom. The van der Waals surface area contributed by atoms with Crippen LogP contribution in [0.2, 0.25) is 0 Å². The first-order valence-corrected chi connectivity index (χ1v) is 8.87. The molecule has 2 rings (SSSR count). The van der Waals surface area contributed by atoms with E-state index in [2.05, 4.69) is 23.1 Å². The fourth-order valence-corrected chi connectivity index (χ4v) is 2.99. The fraction of sp³-hybridized carbons (Fsp3) is 0.500. The summed E-state index contributed by atoms with van der Waals surface area (Å²) in [7, 11) is 0. The first-order chi connectivity index (χ1) is 11.7. The van der Waals surface area contributed by atoms with Crippen molar-refractivity contribution in [1.29, 1.82) is 0 Å². The Morgan fingerprint density at radius 2 is 1.88 bits per heavy atom. The molecule has 0 spiro atoms. The van der Waals surface area contributed by atoms with Crippen molar-refractivity contribution in [2.24, 2.45) is 5.92 Å². The monoisotopic (exact) mass is 362 g/mol. The van der Waals surface area contributed by atoms with Gasteiger partial charge in [0.2, 0.25) is 11.8 Å². The van der Waals surface area contributed by atoms with Crippen molar-refractivity contribution < 1.29 is 9.59 Å². The average Bonchev–Trinajstić information content (AvgIpc) is 2.93. The number of nitrogens with zero attached hydrogens (tertiary/aromatic N) is 1. The Hall–Kier alpha value is -2.15. The normalized spacial score (nSPS) is 17.4. The molecule has 0 aromatic heterocycles. The minimum atomic E-state index is -0.400. The van der Waals surface area contributed by atoms with E-state index < -0.39 is 5.92 Å². The summed E-state index contributed by atoms with van der Waals surface area (Å²) in [5.41, 5.74) is 7.13. The maximum Gasteiger partial charge on any atom is 0.243 e. The van der Waals surface area contributed by atoms with E-state index in [0.29, 0.717) is 11.7 Å². The first kappa shape index (κ1) is 19.2. The molecule has 0 aliphatic carbocycles. The van der Waals surface area contributed by atoms with Gasteiger partial charge in [0.1, 0.15) is 0 Å². The van der Waals surface area contributed by atoms with Crippen molar-refractivity contribution in [3.8, 4) is 0 Å². The molecule has 0 bridgehead atoms. The third-order valence-corrected chi connectivity index (χ3v) is 4.14. The third kappa shape index (κ3) is 5.42. The Labute approximate surface area is 154 Å². The minimum Gasteiger partial charge on any atom is -0.357 e. The molecule has 1 aromatic carbocycles. The van der Waals surface area contributed by atoms with Gasteiger partial charge >= 0.3 is 0 Å². The highest BCUT2D eigenvalue weighted by atomic mass is 32.1. The van der Waals surface area contributed by atoms with Crippen LogP contribution in [0.1, 0.15) is 39.7 Å². The second kappa shape index (κ2) is 7.82. The van der Waals surface area contributed by atoms with Gasteiger partial charge in [-0.05, 0) is 57.1 Å². The second-order valence-electron chi connectivity index (χ2n) is 7.24. The summed E-state index contributed by atoms with van der Waals surface area (Å²) in [5.74, 6) is -0.679. The molecular formula is C18H26N4O2S. The molecule has 1 saturated heterocycles. The topological polar surface area (TPSA) is 73.5 Å². The lowest BCUT2D eigenvalue weighted by molar-refractivity contribution is -0.126. The summed E-state index contributed by atoms with van der Waals surface area (Å²) in [6.07, 6.45) is 1.15. The zero-order valence-corrected chi connectivity index (χ0v) is 16.0. The number of aryl methyl sites for hydroxylation is 1. The molecule has 1 atom stereocenters. The van der Waals surface area contributed by atoms with Crippen LogP contribution in [0.3, 0.4) is 0 Å². The Balaban J connectivity index is 1.90. The molecule has 1 fully saturated rings. The van der Waals surface area contributed by atoms with Crippen LogP contribution in [0, 0.1) is 5.92 Å². The molecule has 2 amide bonds. The van der Waals surface area contributed by atoms with E-state index in [4.69, 9.17) is 12.2 Å². The van der Waals surface area contributed by atoms with Gasteiger partial charge in [0, 0.05) is 24.2 Å². The summed E-state index contributed by atoms with van der Waals surface area (Å²) in [6.45, 7) is 8.38. The summed E-state index contributed by atoms with van der Waals surface area (Å²) < 4.78 is 0. The smallest absolute Gasteiger partial charge is 0.243 e. The zero-order chi connectivity index (χ0) is 18.6. The summed E-state index contributed by atoms with van der Waals surface area (Å²) >= 11 is 5.13. The molecule has 25 heavy (non-hydrogen) atoms. The van der Waals surface area contributed by atoms with Gasteiger partial charge in [0.25, 0.3) is 0 Å². The number of carbonyl (C=O) groups excluding carboxylic acids is 2. The zero-order valence-electron chi connectivity index (χ0n) is 15.2. The second-order valence-corrected chi connectivity index (χ2v) is 7.65. The SMILES string of the molecule is CCc1ccc(N2C[C@H](C(=O)NNC(=S)NC(C)(C)C)CC2=O)cc1. The van der Waals surface area contributed by atoms with Crippen molar-refractivity contribution in [2.45, 2.75) is 46.1 Å². The molecule has 136 valence electrons. The predicted octanol–water partition coefficient (Wildman–Crippen LogP) is 1.90. The molecule has 1 aromatic rings. The van der Waals surface area contributed by atoms with Crippen LogP contribution in [-0.4, -0.2) is 29.0 Å². The summed E-state index contributed by atoms with van der Waals surface area (Å²) in [6, 6.07) is 7.87. The summed E-state index contributed by atoms with van der Waals surface area (Å²) in [5, 5.41) is 3.39. The van der Waals surface area contributed by atoms with Crippen molar-refractivity contribution in [1.82, 2.24) is 16.2 Å². The highest BCUT2D eigenvalue weighted by Crippen LogP contribution is 2.25. The predicted molar refractivity (Wildman–Crippen MR) is 103 cm³/mol. The van der Waals surface area contributed by atoms with Gasteiger partial charge in [-0.1, -0.05) is 19.1 Å².